The fourth-order valence-electron chi connectivity index (χ4n) is 2.37. The number of sulfonamides is 1. The van der Waals surface area contributed by atoms with Gasteiger partial charge in [0, 0.05) is 12.6 Å². The Kier molecular flexibility index (Phi) is 5.29. The Labute approximate surface area is 134 Å². The second-order valence-electron chi connectivity index (χ2n) is 5.68. The lowest BCUT2D eigenvalue weighted by atomic mass is 9.81. The largest absolute Gasteiger partial charge is 0.496 e. The van der Waals surface area contributed by atoms with Gasteiger partial charge in [0.15, 0.2) is 0 Å². The zero-order chi connectivity index (χ0) is 15.5. The van der Waals surface area contributed by atoms with Crippen LogP contribution >= 0.6 is 15.9 Å². The fourth-order valence-corrected chi connectivity index (χ4v) is 3.99. The van der Waals surface area contributed by atoms with E-state index in [0.29, 0.717) is 12.3 Å². The number of methoxy groups -OCH3 is 1. The molecule has 1 aromatic rings. The van der Waals surface area contributed by atoms with Crippen molar-refractivity contribution in [2.45, 2.75) is 24.7 Å². The van der Waals surface area contributed by atoms with E-state index in [9.17, 15) is 8.42 Å². The molecule has 118 valence electrons. The molecule has 1 heterocycles. The molecule has 2 N–H and O–H groups in total. The monoisotopic (exact) mass is 376 g/mol. The van der Waals surface area contributed by atoms with E-state index in [1.807, 2.05) is 0 Å². The quantitative estimate of drug-likeness (QED) is 0.825. The Balaban J connectivity index is 2.11. The van der Waals surface area contributed by atoms with E-state index < -0.39 is 10.0 Å². The Morgan fingerprint density at radius 3 is 2.67 bits per heavy atom. The molecule has 0 aromatic heterocycles. The highest BCUT2D eigenvalue weighted by Crippen LogP contribution is 2.29. The lowest BCUT2D eigenvalue weighted by Crippen LogP contribution is -2.42. The molecule has 1 saturated heterocycles. The molecule has 1 aromatic carbocycles. The first-order valence-corrected chi connectivity index (χ1v) is 9.18. The van der Waals surface area contributed by atoms with Gasteiger partial charge >= 0.3 is 0 Å². The van der Waals surface area contributed by atoms with Gasteiger partial charge in [0.1, 0.15) is 5.75 Å². The van der Waals surface area contributed by atoms with E-state index in [4.69, 9.17) is 4.74 Å². The van der Waals surface area contributed by atoms with Crippen LogP contribution in [-0.2, 0) is 10.0 Å². The average molecular weight is 377 g/mol. The Morgan fingerprint density at radius 2 is 2.05 bits per heavy atom. The molecular formula is C14H21BrN2O3S. The third-order valence-electron chi connectivity index (χ3n) is 3.93. The van der Waals surface area contributed by atoms with E-state index in [-0.39, 0.29) is 10.3 Å². The number of hydrogen-bond acceptors (Lipinski definition) is 4. The number of hydrogen-bond donors (Lipinski definition) is 2. The van der Waals surface area contributed by atoms with Gasteiger partial charge in [-0.15, -0.1) is 0 Å². The molecule has 1 aliphatic heterocycles. The van der Waals surface area contributed by atoms with Crippen LogP contribution in [0.15, 0.2) is 27.6 Å². The topological polar surface area (TPSA) is 67.4 Å². The molecule has 21 heavy (non-hydrogen) atoms. The predicted molar refractivity (Wildman–Crippen MR) is 86.1 cm³/mol. The van der Waals surface area contributed by atoms with Gasteiger partial charge in [-0.2, -0.15) is 0 Å². The van der Waals surface area contributed by atoms with Gasteiger partial charge in [0.2, 0.25) is 10.0 Å². The minimum Gasteiger partial charge on any atom is -0.496 e. The van der Waals surface area contributed by atoms with Crippen LogP contribution in [0.25, 0.3) is 0 Å². The summed E-state index contributed by atoms with van der Waals surface area (Å²) in [7, 11) is -2.00. The highest BCUT2D eigenvalue weighted by Gasteiger charge is 2.28. The van der Waals surface area contributed by atoms with Crippen LogP contribution in [-0.4, -0.2) is 35.2 Å². The van der Waals surface area contributed by atoms with E-state index in [2.05, 4.69) is 32.9 Å². The first-order chi connectivity index (χ1) is 9.86. The minimum absolute atomic E-state index is 0.0117. The molecule has 0 radical (unpaired) electrons. The van der Waals surface area contributed by atoms with Crippen molar-refractivity contribution in [1.29, 1.82) is 0 Å². The van der Waals surface area contributed by atoms with Crippen LogP contribution in [0.4, 0.5) is 0 Å². The van der Waals surface area contributed by atoms with Gasteiger partial charge < -0.3 is 10.1 Å². The van der Waals surface area contributed by atoms with Gasteiger partial charge in [0.05, 0.1) is 16.5 Å². The molecule has 0 spiro atoms. The van der Waals surface area contributed by atoms with E-state index >= 15 is 0 Å². The van der Waals surface area contributed by atoms with Gasteiger partial charge in [-0.3, -0.25) is 0 Å². The molecule has 7 heteroatoms. The summed E-state index contributed by atoms with van der Waals surface area (Å²) in [6, 6.07) is 4.77. The van der Waals surface area contributed by atoms with Crippen molar-refractivity contribution in [3.63, 3.8) is 0 Å². The molecule has 0 amide bonds. The van der Waals surface area contributed by atoms with Crippen molar-refractivity contribution in [3.05, 3.63) is 22.7 Å². The number of rotatable bonds is 5. The molecule has 2 rings (SSSR count). The Hall–Kier alpha value is -0.630. The lowest BCUT2D eigenvalue weighted by Gasteiger charge is -2.34. The van der Waals surface area contributed by atoms with Crippen LogP contribution in [0.5, 0.6) is 5.75 Å². The number of nitrogens with one attached hydrogen (secondary N) is 2. The number of benzene rings is 1. The summed E-state index contributed by atoms with van der Waals surface area (Å²) in [4.78, 5) is 0.222. The number of halogens is 1. The van der Waals surface area contributed by atoms with Crippen LogP contribution in [0, 0.1) is 5.41 Å². The van der Waals surface area contributed by atoms with E-state index in [1.54, 1.807) is 12.1 Å². The lowest BCUT2D eigenvalue weighted by molar-refractivity contribution is 0.232. The summed E-state index contributed by atoms with van der Waals surface area (Å²) >= 11 is 3.32. The van der Waals surface area contributed by atoms with Crippen LogP contribution in [0.3, 0.4) is 0 Å². The SMILES string of the molecule is COc1cc(S(=O)(=O)NCC2(C)CCNCC2)ccc1Br. The predicted octanol–water partition coefficient (Wildman–Crippen LogP) is 2.13. The Bertz CT molecular complexity index is 598. The molecule has 1 fully saturated rings. The van der Waals surface area contributed by atoms with E-state index in [1.165, 1.54) is 13.2 Å². The average Bonchev–Trinajstić information content (AvgIpc) is 2.46. The van der Waals surface area contributed by atoms with Crippen LogP contribution in [0.1, 0.15) is 19.8 Å². The summed E-state index contributed by atoms with van der Waals surface area (Å²) in [6.07, 6.45) is 1.94. The highest BCUT2D eigenvalue weighted by atomic mass is 79.9. The molecule has 0 bridgehead atoms. The third-order valence-corrected chi connectivity index (χ3v) is 5.99. The minimum atomic E-state index is -3.52. The zero-order valence-corrected chi connectivity index (χ0v) is 14.7. The second kappa shape index (κ2) is 6.64. The summed E-state index contributed by atoms with van der Waals surface area (Å²) < 4.78 is 33.4. The van der Waals surface area contributed by atoms with Crippen LogP contribution < -0.4 is 14.8 Å². The normalized spacial score (nSPS) is 18.4. The third kappa shape index (κ3) is 4.18. The summed E-state index contributed by atoms with van der Waals surface area (Å²) in [5.74, 6) is 0.506. The van der Waals surface area contributed by atoms with Crippen molar-refractivity contribution in [2.24, 2.45) is 5.41 Å². The zero-order valence-electron chi connectivity index (χ0n) is 12.3. The molecular weight excluding hydrogens is 356 g/mol. The van der Waals surface area contributed by atoms with Crippen LogP contribution in [0.2, 0.25) is 0 Å². The van der Waals surface area contributed by atoms with Gasteiger partial charge in [-0.25, -0.2) is 13.1 Å². The first kappa shape index (κ1) is 16.7. The second-order valence-corrected chi connectivity index (χ2v) is 8.30. The smallest absolute Gasteiger partial charge is 0.240 e. The molecule has 0 saturated carbocycles. The van der Waals surface area contributed by atoms with Gasteiger partial charge in [-0.05, 0) is 59.4 Å². The maximum Gasteiger partial charge on any atom is 0.240 e. The molecule has 0 unspecified atom stereocenters. The highest BCUT2D eigenvalue weighted by molar-refractivity contribution is 9.10. The maximum atomic E-state index is 12.4. The van der Waals surface area contributed by atoms with E-state index in [0.717, 1.165) is 30.4 Å². The summed E-state index contributed by atoms with van der Waals surface area (Å²) in [5.41, 5.74) is 0.0117. The Morgan fingerprint density at radius 1 is 1.38 bits per heavy atom. The van der Waals surface area contributed by atoms with Crippen molar-refractivity contribution in [1.82, 2.24) is 10.0 Å². The molecule has 0 atom stereocenters. The molecule has 1 aliphatic rings. The van der Waals surface area contributed by atoms with Gasteiger partial charge in [-0.1, -0.05) is 6.92 Å². The fraction of sp³-hybridized carbons (Fsp3) is 0.571. The summed E-state index contributed by atoms with van der Waals surface area (Å²) in [6.45, 7) is 4.45. The van der Waals surface area contributed by atoms with Crippen molar-refractivity contribution < 1.29 is 13.2 Å². The van der Waals surface area contributed by atoms with Crippen molar-refractivity contribution in [2.75, 3.05) is 26.7 Å². The molecule has 0 aliphatic carbocycles. The standard InChI is InChI=1S/C14H21BrN2O3S/c1-14(5-7-16-8-6-14)10-17-21(18,19)11-3-4-12(15)13(9-11)20-2/h3-4,9,16-17H,5-8,10H2,1-2H3. The maximum absolute atomic E-state index is 12.4. The van der Waals surface area contributed by atoms with Crippen molar-refractivity contribution in [3.8, 4) is 5.75 Å². The number of ether oxygens (including phenoxy) is 1. The summed E-state index contributed by atoms with van der Waals surface area (Å²) in [5, 5.41) is 3.29. The van der Waals surface area contributed by atoms with Gasteiger partial charge in [0.25, 0.3) is 0 Å². The number of piperidine rings is 1. The van der Waals surface area contributed by atoms with Crippen molar-refractivity contribution >= 4 is 26.0 Å². The molecule has 5 nitrogen and oxygen atoms in total. The first-order valence-electron chi connectivity index (χ1n) is 6.90.